The molecule has 2 rings (SSSR count). The largest absolute Gasteiger partial charge is 0.459 e. The molecule has 1 aromatic rings. The van der Waals surface area contributed by atoms with Crippen LogP contribution in [0.4, 0.5) is 4.79 Å². The van der Waals surface area contributed by atoms with Crippen LogP contribution in [0.3, 0.4) is 0 Å². The van der Waals surface area contributed by atoms with E-state index in [0.29, 0.717) is 13.0 Å². The van der Waals surface area contributed by atoms with Gasteiger partial charge in [-0.3, -0.25) is 9.59 Å². The van der Waals surface area contributed by atoms with E-state index in [9.17, 15) is 14.4 Å². The Morgan fingerprint density at radius 2 is 1.88 bits per heavy atom. The molecule has 0 aromatic heterocycles. The summed E-state index contributed by atoms with van der Waals surface area (Å²) < 4.78 is 10.5. The van der Waals surface area contributed by atoms with Crippen LogP contribution >= 0.6 is 0 Å². The number of hydrogen-bond donors (Lipinski definition) is 1. The van der Waals surface area contributed by atoms with Gasteiger partial charge in [0.05, 0.1) is 6.04 Å². The zero-order chi connectivity index (χ0) is 19.2. The average Bonchev–Trinajstić information content (AvgIpc) is 3.11. The third-order valence-corrected chi connectivity index (χ3v) is 3.77. The highest BCUT2D eigenvalue weighted by Gasteiger charge is 2.35. The number of esters is 1. The molecule has 0 unspecified atom stereocenters. The van der Waals surface area contributed by atoms with Gasteiger partial charge in [0.1, 0.15) is 18.8 Å². The molecule has 142 valence electrons. The maximum atomic E-state index is 12.6. The molecular formula is C19H26N2O5. The Balaban J connectivity index is 2.01. The van der Waals surface area contributed by atoms with Crippen LogP contribution in [0.25, 0.3) is 0 Å². The fourth-order valence-corrected chi connectivity index (χ4v) is 2.55. The minimum Gasteiger partial charge on any atom is -0.459 e. The van der Waals surface area contributed by atoms with Crippen molar-refractivity contribution in [2.24, 2.45) is 0 Å². The van der Waals surface area contributed by atoms with E-state index in [-0.39, 0.29) is 6.61 Å². The summed E-state index contributed by atoms with van der Waals surface area (Å²) >= 11 is 0. The molecule has 0 bridgehead atoms. The molecule has 1 fully saturated rings. The summed E-state index contributed by atoms with van der Waals surface area (Å²) in [4.78, 5) is 38.1. The summed E-state index contributed by atoms with van der Waals surface area (Å²) in [5, 5.41) is 3.03. The number of ether oxygens (including phenoxy) is 2. The minimum atomic E-state index is -0.840. The molecule has 1 N–H and O–H groups in total. The van der Waals surface area contributed by atoms with Crippen molar-refractivity contribution in [1.82, 2.24) is 10.2 Å². The molecule has 2 amide bonds. The molecule has 0 aliphatic carbocycles. The fraction of sp³-hybridized carbons (Fsp3) is 0.526. The number of nitrogens with zero attached hydrogens (tertiary/aromatic N) is 1. The van der Waals surface area contributed by atoms with Crippen LogP contribution in [0.15, 0.2) is 30.3 Å². The van der Waals surface area contributed by atoms with E-state index in [1.165, 1.54) is 0 Å². The summed E-state index contributed by atoms with van der Waals surface area (Å²) in [6, 6.07) is 8.71. The van der Waals surface area contributed by atoms with Crippen molar-refractivity contribution >= 4 is 18.0 Å². The van der Waals surface area contributed by atoms with Crippen LogP contribution in [0.2, 0.25) is 0 Å². The van der Waals surface area contributed by atoms with Crippen LogP contribution in [0, 0.1) is 0 Å². The second kappa shape index (κ2) is 8.80. The molecule has 7 heteroatoms. The highest BCUT2D eigenvalue weighted by molar-refractivity contribution is 5.98. The van der Waals surface area contributed by atoms with Crippen molar-refractivity contribution in [3.8, 4) is 0 Å². The molecule has 7 nitrogen and oxygen atoms in total. The normalized spacial score (nSPS) is 16.8. The monoisotopic (exact) mass is 362 g/mol. The lowest BCUT2D eigenvalue weighted by Crippen LogP contribution is -2.50. The Kier molecular flexibility index (Phi) is 6.74. The van der Waals surface area contributed by atoms with Crippen molar-refractivity contribution in [1.29, 1.82) is 0 Å². The Morgan fingerprint density at radius 3 is 2.46 bits per heavy atom. The minimum absolute atomic E-state index is 0.0811. The highest BCUT2D eigenvalue weighted by atomic mass is 16.6. The van der Waals surface area contributed by atoms with Gasteiger partial charge in [0.25, 0.3) is 0 Å². The summed E-state index contributed by atoms with van der Waals surface area (Å²) in [5.41, 5.74) is 0.0561. The zero-order valence-electron chi connectivity index (χ0n) is 15.5. The quantitative estimate of drug-likeness (QED) is 0.809. The molecule has 0 saturated carbocycles. The van der Waals surface area contributed by atoms with E-state index >= 15 is 0 Å². The van der Waals surface area contributed by atoms with Gasteiger partial charge >= 0.3 is 12.1 Å². The van der Waals surface area contributed by atoms with Crippen LogP contribution < -0.4 is 5.32 Å². The predicted molar refractivity (Wildman–Crippen MR) is 95.2 cm³/mol. The number of carbonyl (C=O) groups excluding carboxylic acids is 3. The molecule has 1 saturated heterocycles. The molecule has 26 heavy (non-hydrogen) atoms. The van der Waals surface area contributed by atoms with Gasteiger partial charge in [-0.1, -0.05) is 30.3 Å². The molecule has 1 aromatic carbocycles. The summed E-state index contributed by atoms with van der Waals surface area (Å²) in [7, 11) is 0. The maximum Gasteiger partial charge on any atom is 0.417 e. The Hall–Kier alpha value is -2.41. The first kappa shape index (κ1) is 19.9. The number of hydrogen-bond acceptors (Lipinski definition) is 6. The smallest absolute Gasteiger partial charge is 0.417 e. The Labute approximate surface area is 153 Å². The molecule has 0 radical (unpaired) electrons. The number of nitrogens with one attached hydrogen (secondary N) is 1. The Bertz CT molecular complexity index is 633. The van der Waals surface area contributed by atoms with Gasteiger partial charge in [-0.2, -0.15) is 0 Å². The van der Waals surface area contributed by atoms with E-state index in [2.05, 4.69) is 5.32 Å². The van der Waals surface area contributed by atoms with Crippen molar-refractivity contribution in [3.05, 3.63) is 35.9 Å². The van der Waals surface area contributed by atoms with Crippen LogP contribution in [0.5, 0.6) is 0 Å². The van der Waals surface area contributed by atoms with Crippen LogP contribution in [-0.4, -0.2) is 47.6 Å². The van der Waals surface area contributed by atoms with Gasteiger partial charge in [-0.15, -0.1) is 0 Å². The maximum absolute atomic E-state index is 12.6. The molecule has 1 aliphatic rings. The third-order valence-electron chi connectivity index (χ3n) is 3.77. The molecule has 1 heterocycles. The van der Waals surface area contributed by atoms with Crippen molar-refractivity contribution in [2.75, 3.05) is 13.1 Å². The van der Waals surface area contributed by atoms with Gasteiger partial charge in [-0.25, -0.2) is 9.69 Å². The molecule has 1 aliphatic heterocycles. The third kappa shape index (κ3) is 6.15. The first-order valence-corrected chi connectivity index (χ1v) is 8.73. The van der Waals surface area contributed by atoms with E-state index in [1.807, 2.05) is 30.3 Å². The molecular weight excluding hydrogens is 336 g/mol. The standard InChI is InChI=1S/C19H26N2O5/c1-19(2,3)26-18(24)21(17(23)15-10-7-11-20-15)12-16(22)25-13-14-8-5-4-6-9-14/h4-6,8-9,15,20H,7,10-13H2,1-3H3/t15-/m0/s1. The van der Waals surface area contributed by atoms with Gasteiger partial charge in [-0.05, 0) is 45.7 Å². The highest BCUT2D eigenvalue weighted by Crippen LogP contribution is 2.14. The number of amides is 2. The van der Waals surface area contributed by atoms with Crippen molar-refractivity contribution < 1.29 is 23.9 Å². The van der Waals surface area contributed by atoms with Gasteiger partial charge in [0.2, 0.25) is 5.91 Å². The Morgan fingerprint density at radius 1 is 1.19 bits per heavy atom. The van der Waals surface area contributed by atoms with E-state index in [0.717, 1.165) is 16.9 Å². The topological polar surface area (TPSA) is 84.9 Å². The van der Waals surface area contributed by atoms with Crippen LogP contribution in [0.1, 0.15) is 39.2 Å². The van der Waals surface area contributed by atoms with Gasteiger partial charge in [0.15, 0.2) is 0 Å². The fourth-order valence-electron chi connectivity index (χ4n) is 2.55. The SMILES string of the molecule is CC(C)(C)OC(=O)N(CC(=O)OCc1ccccc1)C(=O)[C@@H]1CCCN1. The number of carbonyl (C=O) groups is 3. The molecule has 0 spiro atoms. The molecule has 1 atom stereocenters. The summed E-state index contributed by atoms with van der Waals surface area (Å²) in [5.74, 6) is -1.13. The zero-order valence-corrected chi connectivity index (χ0v) is 15.5. The number of rotatable bonds is 5. The lowest BCUT2D eigenvalue weighted by molar-refractivity contribution is -0.150. The van der Waals surface area contributed by atoms with E-state index in [1.54, 1.807) is 20.8 Å². The number of imide groups is 1. The number of benzene rings is 1. The first-order chi connectivity index (χ1) is 12.3. The summed E-state index contributed by atoms with van der Waals surface area (Å²) in [6.45, 7) is 5.42. The van der Waals surface area contributed by atoms with Gasteiger partial charge in [0, 0.05) is 0 Å². The first-order valence-electron chi connectivity index (χ1n) is 8.73. The summed E-state index contributed by atoms with van der Waals surface area (Å²) in [6.07, 6.45) is 0.627. The van der Waals surface area contributed by atoms with E-state index in [4.69, 9.17) is 9.47 Å². The van der Waals surface area contributed by atoms with E-state index < -0.39 is 36.2 Å². The van der Waals surface area contributed by atoms with Crippen molar-refractivity contribution in [3.63, 3.8) is 0 Å². The lowest BCUT2D eigenvalue weighted by Gasteiger charge is -2.27. The van der Waals surface area contributed by atoms with Gasteiger partial charge < -0.3 is 14.8 Å². The second-order valence-electron chi connectivity index (χ2n) is 7.20. The second-order valence-corrected chi connectivity index (χ2v) is 7.20. The predicted octanol–water partition coefficient (Wildman–Crippen LogP) is 2.25. The van der Waals surface area contributed by atoms with Crippen LogP contribution in [-0.2, 0) is 25.7 Å². The van der Waals surface area contributed by atoms with Crippen molar-refractivity contribution in [2.45, 2.75) is 51.9 Å². The average molecular weight is 362 g/mol. The lowest BCUT2D eigenvalue weighted by atomic mass is 10.2.